The number of nitrogens with one attached hydrogen (secondary N) is 1. The number of benzene rings is 1. The SMILES string of the molecule is O=C(COC(=O)c1csc(-c2cccs2)n1)Nc1ccccc1OC(F)F. The van der Waals surface area contributed by atoms with Crippen LogP contribution in [0.4, 0.5) is 14.5 Å². The quantitative estimate of drug-likeness (QED) is 0.589. The van der Waals surface area contributed by atoms with Crippen molar-refractivity contribution in [2.45, 2.75) is 6.61 Å². The van der Waals surface area contributed by atoms with E-state index in [4.69, 9.17) is 4.74 Å². The highest BCUT2D eigenvalue weighted by Crippen LogP contribution is 2.28. The molecule has 0 fully saturated rings. The Morgan fingerprint density at radius 1 is 1.15 bits per heavy atom. The lowest BCUT2D eigenvalue weighted by molar-refractivity contribution is -0.119. The van der Waals surface area contributed by atoms with Crippen molar-refractivity contribution in [3.8, 4) is 15.6 Å². The first-order valence-electron chi connectivity index (χ1n) is 7.53. The van der Waals surface area contributed by atoms with Crippen LogP contribution in [0.1, 0.15) is 10.5 Å². The highest BCUT2D eigenvalue weighted by Gasteiger charge is 2.16. The molecule has 6 nitrogen and oxygen atoms in total. The van der Waals surface area contributed by atoms with Gasteiger partial charge < -0.3 is 14.8 Å². The molecule has 0 unspecified atom stereocenters. The minimum absolute atomic E-state index is 0.0486. The van der Waals surface area contributed by atoms with Gasteiger partial charge in [-0.1, -0.05) is 18.2 Å². The number of carbonyl (C=O) groups excluding carboxylic acids is 2. The summed E-state index contributed by atoms with van der Waals surface area (Å²) in [6.45, 7) is -3.61. The molecule has 1 N–H and O–H groups in total. The number of anilines is 1. The van der Waals surface area contributed by atoms with E-state index < -0.39 is 25.1 Å². The van der Waals surface area contributed by atoms with E-state index in [0.29, 0.717) is 5.01 Å². The number of alkyl halides is 2. The number of hydrogen-bond acceptors (Lipinski definition) is 7. The van der Waals surface area contributed by atoms with Crippen molar-refractivity contribution in [1.82, 2.24) is 4.98 Å². The van der Waals surface area contributed by atoms with Gasteiger partial charge in [-0.2, -0.15) is 8.78 Å². The van der Waals surface area contributed by atoms with Crippen LogP contribution in [-0.2, 0) is 9.53 Å². The van der Waals surface area contributed by atoms with Crippen molar-refractivity contribution in [2.75, 3.05) is 11.9 Å². The molecule has 0 aliphatic carbocycles. The van der Waals surface area contributed by atoms with Crippen LogP contribution < -0.4 is 10.1 Å². The van der Waals surface area contributed by atoms with E-state index >= 15 is 0 Å². The predicted octanol–water partition coefficient (Wildman–Crippen LogP) is 4.27. The summed E-state index contributed by atoms with van der Waals surface area (Å²) in [5, 5.41) is 6.48. The molecule has 10 heteroatoms. The molecule has 3 rings (SSSR count). The Hall–Kier alpha value is -2.85. The maximum Gasteiger partial charge on any atom is 0.387 e. The zero-order chi connectivity index (χ0) is 19.2. The fourth-order valence-corrected chi connectivity index (χ4v) is 3.64. The van der Waals surface area contributed by atoms with E-state index in [-0.39, 0.29) is 17.1 Å². The van der Waals surface area contributed by atoms with Crippen LogP contribution in [0.2, 0.25) is 0 Å². The zero-order valence-electron chi connectivity index (χ0n) is 13.6. The van der Waals surface area contributed by atoms with Crippen molar-refractivity contribution < 1.29 is 27.8 Å². The number of thiazole rings is 1. The van der Waals surface area contributed by atoms with Gasteiger partial charge in [0.2, 0.25) is 0 Å². The normalized spacial score (nSPS) is 10.6. The number of nitrogens with zero attached hydrogens (tertiary/aromatic N) is 1. The number of rotatable bonds is 7. The largest absolute Gasteiger partial charge is 0.451 e. The molecular formula is C17H12F2N2O4S2. The number of carbonyl (C=O) groups is 2. The lowest BCUT2D eigenvalue weighted by Gasteiger charge is -2.11. The lowest BCUT2D eigenvalue weighted by Crippen LogP contribution is -2.21. The summed E-state index contributed by atoms with van der Waals surface area (Å²) in [7, 11) is 0. The molecule has 27 heavy (non-hydrogen) atoms. The van der Waals surface area contributed by atoms with Gasteiger partial charge in [0.05, 0.1) is 10.6 Å². The molecule has 0 saturated carbocycles. The topological polar surface area (TPSA) is 77.5 Å². The van der Waals surface area contributed by atoms with Crippen molar-refractivity contribution in [2.24, 2.45) is 0 Å². The summed E-state index contributed by atoms with van der Waals surface area (Å²) in [6, 6.07) is 9.47. The Kier molecular flexibility index (Phi) is 6.09. The average Bonchev–Trinajstić information content (AvgIpc) is 3.32. The smallest absolute Gasteiger partial charge is 0.387 e. The first-order valence-corrected chi connectivity index (χ1v) is 9.29. The number of hydrogen-bond donors (Lipinski definition) is 1. The average molecular weight is 410 g/mol. The molecule has 0 atom stereocenters. The van der Waals surface area contributed by atoms with Crippen LogP contribution in [0, 0.1) is 0 Å². The van der Waals surface area contributed by atoms with Gasteiger partial charge in [-0.05, 0) is 23.6 Å². The van der Waals surface area contributed by atoms with Gasteiger partial charge >= 0.3 is 12.6 Å². The molecule has 3 aromatic rings. The number of halogens is 2. The Morgan fingerprint density at radius 3 is 2.70 bits per heavy atom. The fourth-order valence-electron chi connectivity index (χ4n) is 2.04. The van der Waals surface area contributed by atoms with Gasteiger partial charge in [-0.15, -0.1) is 22.7 Å². The summed E-state index contributed by atoms with van der Waals surface area (Å²) < 4.78 is 34.0. The molecule has 0 aliphatic rings. The Balaban J connectivity index is 1.56. The monoisotopic (exact) mass is 410 g/mol. The Labute approximate surface area is 160 Å². The van der Waals surface area contributed by atoms with E-state index in [1.807, 2.05) is 17.5 Å². The summed E-state index contributed by atoms with van der Waals surface area (Å²) in [5.41, 5.74) is 0.144. The molecule has 0 saturated heterocycles. The van der Waals surface area contributed by atoms with E-state index in [1.54, 1.807) is 11.4 Å². The van der Waals surface area contributed by atoms with Gasteiger partial charge in [0, 0.05) is 5.38 Å². The number of thiophene rings is 1. The fraction of sp³-hybridized carbons (Fsp3) is 0.118. The minimum Gasteiger partial charge on any atom is -0.451 e. The number of para-hydroxylation sites is 2. The summed E-state index contributed by atoms with van der Waals surface area (Å²) in [5.74, 6) is -1.63. The van der Waals surface area contributed by atoms with E-state index in [2.05, 4.69) is 15.0 Å². The number of ether oxygens (including phenoxy) is 2. The maximum atomic E-state index is 12.4. The van der Waals surface area contributed by atoms with Crippen LogP contribution in [0.15, 0.2) is 47.2 Å². The minimum atomic E-state index is -3.02. The molecule has 1 aromatic carbocycles. The standard InChI is InChI=1S/C17H12F2N2O4S2/c18-17(19)25-12-5-2-1-4-10(12)20-14(22)8-24-16(23)11-9-27-15(21-11)13-6-3-7-26-13/h1-7,9,17H,8H2,(H,20,22). The Morgan fingerprint density at radius 2 is 1.96 bits per heavy atom. The second-order valence-corrected chi connectivity index (χ2v) is 6.82. The zero-order valence-corrected chi connectivity index (χ0v) is 15.2. The summed E-state index contributed by atoms with van der Waals surface area (Å²) in [6.07, 6.45) is 0. The maximum absolute atomic E-state index is 12.4. The van der Waals surface area contributed by atoms with E-state index in [9.17, 15) is 18.4 Å². The molecule has 0 radical (unpaired) electrons. The number of amides is 1. The summed E-state index contributed by atoms with van der Waals surface area (Å²) >= 11 is 2.78. The third-order valence-corrected chi connectivity index (χ3v) is 5.04. The summed E-state index contributed by atoms with van der Waals surface area (Å²) in [4.78, 5) is 29.1. The van der Waals surface area contributed by atoms with Crippen LogP contribution >= 0.6 is 22.7 Å². The third kappa shape index (κ3) is 5.08. The van der Waals surface area contributed by atoms with Crippen LogP contribution in [0.3, 0.4) is 0 Å². The van der Waals surface area contributed by atoms with Crippen LogP contribution in [-0.4, -0.2) is 30.1 Å². The molecular weight excluding hydrogens is 398 g/mol. The molecule has 1 amide bonds. The van der Waals surface area contributed by atoms with Crippen LogP contribution in [0.5, 0.6) is 5.75 Å². The molecule has 0 aliphatic heterocycles. The first-order chi connectivity index (χ1) is 13.0. The second-order valence-electron chi connectivity index (χ2n) is 5.01. The lowest BCUT2D eigenvalue weighted by atomic mass is 10.3. The van der Waals surface area contributed by atoms with Gasteiger partial charge in [0.1, 0.15) is 10.8 Å². The number of aromatic nitrogens is 1. The van der Waals surface area contributed by atoms with E-state index in [1.165, 1.54) is 40.9 Å². The highest BCUT2D eigenvalue weighted by molar-refractivity contribution is 7.20. The van der Waals surface area contributed by atoms with E-state index in [0.717, 1.165) is 4.88 Å². The van der Waals surface area contributed by atoms with Gasteiger partial charge in [-0.25, -0.2) is 9.78 Å². The number of esters is 1. The second kappa shape index (κ2) is 8.69. The third-order valence-electron chi connectivity index (χ3n) is 3.16. The molecule has 2 aromatic heterocycles. The molecule has 2 heterocycles. The Bertz CT molecular complexity index is 929. The highest BCUT2D eigenvalue weighted by atomic mass is 32.1. The van der Waals surface area contributed by atoms with Crippen molar-refractivity contribution in [3.05, 3.63) is 52.9 Å². The van der Waals surface area contributed by atoms with Crippen molar-refractivity contribution in [1.29, 1.82) is 0 Å². The molecule has 0 spiro atoms. The van der Waals surface area contributed by atoms with Crippen molar-refractivity contribution >= 4 is 40.2 Å². The molecule has 0 bridgehead atoms. The van der Waals surface area contributed by atoms with Gasteiger partial charge in [-0.3, -0.25) is 4.79 Å². The van der Waals surface area contributed by atoms with Gasteiger partial charge in [0.15, 0.2) is 12.3 Å². The first kappa shape index (κ1) is 18.9. The van der Waals surface area contributed by atoms with Gasteiger partial charge in [0.25, 0.3) is 5.91 Å². The molecule has 140 valence electrons. The van der Waals surface area contributed by atoms with Crippen LogP contribution in [0.25, 0.3) is 9.88 Å². The van der Waals surface area contributed by atoms with Crippen molar-refractivity contribution in [3.63, 3.8) is 0 Å². The predicted molar refractivity (Wildman–Crippen MR) is 97.4 cm³/mol.